The first-order valence-electron chi connectivity index (χ1n) is 7.89. The van der Waals surface area contributed by atoms with Crippen LogP contribution in [0, 0.1) is 5.92 Å². The largest absolute Gasteiger partial charge is 0.463 e. The molecule has 106 valence electrons. The van der Waals surface area contributed by atoms with E-state index in [1.54, 1.807) is 0 Å². The van der Waals surface area contributed by atoms with Crippen molar-refractivity contribution in [3.63, 3.8) is 0 Å². The molecule has 2 aliphatic rings. The quantitative estimate of drug-likeness (QED) is 0.883. The van der Waals surface area contributed by atoms with E-state index in [0.717, 1.165) is 43.1 Å². The zero-order valence-electron chi connectivity index (χ0n) is 12.0. The molecular formula is C16H26N2O. The Kier molecular flexibility index (Phi) is 4.24. The third kappa shape index (κ3) is 3.03. The molecule has 1 aromatic heterocycles. The molecule has 3 nitrogen and oxygen atoms in total. The van der Waals surface area contributed by atoms with E-state index in [0.29, 0.717) is 0 Å². The van der Waals surface area contributed by atoms with Gasteiger partial charge >= 0.3 is 0 Å². The molecular weight excluding hydrogens is 236 g/mol. The molecule has 2 heterocycles. The number of likely N-dealkylation sites (tertiary alicyclic amines) is 1. The third-order valence-corrected chi connectivity index (χ3v) is 4.75. The topological polar surface area (TPSA) is 28.4 Å². The second-order valence-corrected chi connectivity index (χ2v) is 6.02. The molecule has 2 atom stereocenters. The molecule has 2 fully saturated rings. The maximum atomic E-state index is 5.92. The van der Waals surface area contributed by atoms with Crippen molar-refractivity contribution in [2.45, 2.75) is 58.2 Å². The third-order valence-electron chi connectivity index (χ3n) is 4.75. The average Bonchev–Trinajstić information content (AvgIpc) is 3.05. The molecule has 1 saturated carbocycles. The maximum Gasteiger partial charge on any atom is 0.118 e. The van der Waals surface area contributed by atoms with Crippen molar-refractivity contribution in [3.05, 3.63) is 23.7 Å². The van der Waals surface area contributed by atoms with Crippen molar-refractivity contribution >= 4 is 0 Å². The molecule has 3 heteroatoms. The van der Waals surface area contributed by atoms with Crippen LogP contribution >= 0.6 is 0 Å². The molecule has 1 aromatic rings. The van der Waals surface area contributed by atoms with Crippen LogP contribution < -0.4 is 5.32 Å². The summed E-state index contributed by atoms with van der Waals surface area (Å²) in [5, 5.41) is 3.31. The summed E-state index contributed by atoms with van der Waals surface area (Å²) in [6, 6.07) is 5.10. The van der Waals surface area contributed by atoms with Crippen LogP contribution in [-0.4, -0.2) is 24.0 Å². The first kappa shape index (κ1) is 13.2. The fraction of sp³-hybridized carbons (Fsp3) is 0.750. The standard InChI is InChI=1S/C16H26N2O/c1-2-17-11-14-7-8-15(19-14)12-18-10-9-13-5-3-4-6-16(13)18/h7-8,13,16-17H,2-6,9-12H2,1H3. The van der Waals surface area contributed by atoms with Gasteiger partial charge in [-0.2, -0.15) is 0 Å². The van der Waals surface area contributed by atoms with Crippen LogP contribution in [0.2, 0.25) is 0 Å². The Morgan fingerprint density at radius 1 is 1.21 bits per heavy atom. The number of hydrogen-bond acceptors (Lipinski definition) is 3. The Hall–Kier alpha value is -0.800. The van der Waals surface area contributed by atoms with Gasteiger partial charge in [0.1, 0.15) is 11.5 Å². The van der Waals surface area contributed by atoms with Crippen LogP contribution in [0.25, 0.3) is 0 Å². The molecule has 19 heavy (non-hydrogen) atoms. The van der Waals surface area contributed by atoms with Gasteiger partial charge in [0.15, 0.2) is 0 Å². The lowest BCUT2D eigenvalue weighted by Gasteiger charge is -2.31. The van der Waals surface area contributed by atoms with Gasteiger partial charge in [0.2, 0.25) is 0 Å². The summed E-state index contributed by atoms with van der Waals surface area (Å²) in [4.78, 5) is 2.65. The molecule has 0 bridgehead atoms. The van der Waals surface area contributed by atoms with E-state index in [-0.39, 0.29) is 0 Å². The lowest BCUT2D eigenvalue weighted by atomic mass is 9.85. The first-order valence-corrected chi connectivity index (χ1v) is 7.89. The van der Waals surface area contributed by atoms with Crippen molar-refractivity contribution in [2.75, 3.05) is 13.1 Å². The predicted octanol–water partition coefficient (Wildman–Crippen LogP) is 3.15. The SMILES string of the molecule is CCNCc1ccc(CN2CCC3CCCCC32)o1. The van der Waals surface area contributed by atoms with Crippen molar-refractivity contribution in [3.8, 4) is 0 Å². The number of nitrogens with zero attached hydrogens (tertiary/aromatic N) is 1. The van der Waals surface area contributed by atoms with Gasteiger partial charge in [0, 0.05) is 6.04 Å². The van der Waals surface area contributed by atoms with Crippen LogP contribution in [0.5, 0.6) is 0 Å². The van der Waals surface area contributed by atoms with E-state index in [2.05, 4.69) is 29.3 Å². The minimum absolute atomic E-state index is 0.830. The van der Waals surface area contributed by atoms with Crippen molar-refractivity contribution < 1.29 is 4.42 Å². The monoisotopic (exact) mass is 262 g/mol. The van der Waals surface area contributed by atoms with Gasteiger partial charge in [0.25, 0.3) is 0 Å². The van der Waals surface area contributed by atoms with Crippen LogP contribution in [0.1, 0.15) is 50.5 Å². The first-order chi connectivity index (χ1) is 9.36. The highest BCUT2D eigenvalue weighted by molar-refractivity contribution is 5.08. The Morgan fingerprint density at radius 3 is 2.95 bits per heavy atom. The zero-order valence-corrected chi connectivity index (χ0v) is 12.0. The second-order valence-electron chi connectivity index (χ2n) is 6.02. The Balaban J connectivity index is 1.57. The minimum Gasteiger partial charge on any atom is -0.463 e. The Bertz CT molecular complexity index is 401. The van der Waals surface area contributed by atoms with Crippen molar-refractivity contribution in [2.24, 2.45) is 5.92 Å². The minimum atomic E-state index is 0.830. The van der Waals surface area contributed by atoms with E-state index < -0.39 is 0 Å². The van der Waals surface area contributed by atoms with Gasteiger partial charge in [-0.1, -0.05) is 19.8 Å². The molecule has 0 radical (unpaired) electrons. The van der Waals surface area contributed by atoms with Crippen LogP contribution in [0.15, 0.2) is 16.5 Å². The van der Waals surface area contributed by atoms with Crippen molar-refractivity contribution in [1.82, 2.24) is 10.2 Å². The summed E-state index contributed by atoms with van der Waals surface area (Å²) < 4.78 is 5.92. The lowest BCUT2D eigenvalue weighted by molar-refractivity contribution is 0.164. The van der Waals surface area contributed by atoms with Gasteiger partial charge < -0.3 is 9.73 Å². The van der Waals surface area contributed by atoms with Gasteiger partial charge in [-0.3, -0.25) is 4.90 Å². The summed E-state index contributed by atoms with van der Waals surface area (Å²) in [7, 11) is 0. The normalized spacial score (nSPS) is 27.6. The lowest BCUT2D eigenvalue weighted by Crippen LogP contribution is -2.34. The molecule has 1 saturated heterocycles. The average molecular weight is 262 g/mol. The Labute approximate surface area is 116 Å². The summed E-state index contributed by atoms with van der Waals surface area (Å²) in [6.07, 6.45) is 7.11. The molecule has 0 spiro atoms. The molecule has 1 aliphatic heterocycles. The van der Waals surface area contributed by atoms with Gasteiger partial charge in [-0.15, -0.1) is 0 Å². The highest BCUT2D eigenvalue weighted by Crippen LogP contribution is 2.36. The van der Waals surface area contributed by atoms with Gasteiger partial charge in [0.05, 0.1) is 13.1 Å². The fourth-order valence-electron chi connectivity index (χ4n) is 3.75. The number of furan rings is 1. The summed E-state index contributed by atoms with van der Waals surface area (Å²) >= 11 is 0. The highest BCUT2D eigenvalue weighted by atomic mass is 16.3. The second kappa shape index (κ2) is 6.10. The van der Waals surface area contributed by atoms with Crippen LogP contribution in [0.3, 0.4) is 0 Å². The van der Waals surface area contributed by atoms with E-state index >= 15 is 0 Å². The van der Waals surface area contributed by atoms with Gasteiger partial charge in [-0.25, -0.2) is 0 Å². The summed E-state index contributed by atoms with van der Waals surface area (Å²) in [5.41, 5.74) is 0. The molecule has 0 amide bonds. The maximum absolute atomic E-state index is 5.92. The fourth-order valence-corrected chi connectivity index (χ4v) is 3.75. The van der Waals surface area contributed by atoms with E-state index in [1.807, 2.05) is 0 Å². The predicted molar refractivity (Wildman–Crippen MR) is 76.9 cm³/mol. The number of fused-ring (bicyclic) bond motifs is 1. The number of hydrogen-bond donors (Lipinski definition) is 1. The van der Waals surface area contributed by atoms with Crippen molar-refractivity contribution in [1.29, 1.82) is 0 Å². The van der Waals surface area contributed by atoms with Gasteiger partial charge in [-0.05, 0) is 50.4 Å². The summed E-state index contributed by atoms with van der Waals surface area (Å²) in [6.45, 7) is 6.23. The van der Waals surface area contributed by atoms with Crippen LogP contribution in [0.4, 0.5) is 0 Å². The van der Waals surface area contributed by atoms with E-state index in [1.165, 1.54) is 38.6 Å². The molecule has 2 unspecified atom stereocenters. The zero-order chi connectivity index (χ0) is 13.1. The molecule has 0 aromatic carbocycles. The number of nitrogens with one attached hydrogen (secondary N) is 1. The smallest absolute Gasteiger partial charge is 0.118 e. The molecule has 1 aliphatic carbocycles. The molecule has 1 N–H and O–H groups in total. The molecule has 3 rings (SSSR count). The Morgan fingerprint density at radius 2 is 2.05 bits per heavy atom. The van der Waals surface area contributed by atoms with E-state index in [4.69, 9.17) is 4.42 Å². The number of rotatable bonds is 5. The highest BCUT2D eigenvalue weighted by Gasteiger charge is 2.35. The summed E-state index contributed by atoms with van der Waals surface area (Å²) in [5.74, 6) is 3.17. The van der Waals surface area contributed by atoms with Crippen LogP contribution in [-0.2, 0) is 13.1 Å². The van der Waals surface area contributed by atoms with E-state index in [9.17, 15) is 0 Å².